The molecule has 0 atom stereocenters. The van der Waals surface area contributed by atoms with Gasteiger partial charge in [0, 0.05) is 71.3 Å². The molecule has 0 fully saturated rings. The Morgan fingerprint density at radius 1 is 1.06 bits per heavy atom. The van der Waals surface area contributed by atoms with Crippen LogP contribution in [0.4, 0.5) is 11.4 Å². The molecule has 0 saturated carbocycles. The lowest BCUT2D eigenvalue weighted by atomic mass is 9.92. The van der Waals surface area contributed by atoms with Crippen molar-refractivity contribution < 1.29 is 19.1 Å². The number of ether oxygens (including phenoxy) is 2. The van der Waals surface area contributed by atoms with Gasteiger partial charge < -0.3 is 29.5 Å². The molecule has 36 heavy (non-hydrogen) atoms. The minimum Gasteiger partial charge on any atom is -0.494 e. The summed E-state index contributed by atoms with van der Waals surface area (Å²) >= 11 is 0. The minimum absolute atomic E-state index is 0.0339. The van der Waals surface area contributed by atoms with Crippen LogP contribution in [0.5, 0.6) is 5.75 Å². The van der Waals surface area contributed by atoms with Crippen molar-refractivity contribution in [3.05, 3.63) is 52.1 Å². The zero-order valence-electron chi connectivity index (χ0n) is 22.7. The third-order valence-electron chi connectivity index (χ3n) is 6.68. The van der Waals surface area contributed by atoms with Crippen LogP contribution in [0.3, 0.4) is 0 Å². The summed E-state index contributed by atoms with van der Waals surface area (Å²) in [6.07, 6.45) is 0. The van der Waals surface area contributed by atoms with Gasteiger partial charge in [-0.1, -0.05) is 0 Å². The number of hydrogen-bond acceptors (Lipinski definition) is 7. The summed E-state index contributed by atoms with van der Waals surface area (Å²) in [5.41, 5.74) is 4.22. The maximum absolute atomic E-state index is 13.5. The summed E-state index contributed by atoms with van der Waals surface area (Å²) in [7, 11) is 12.4. The van der Waals surface area contributed by atoms with Gasteiger partial charge >= 0.3 is 0 Å². The van der Waals surface area contributed by atoms with Crippen molar-refractivity contribution in [2.75, 3.05) is 65.8 Å². The van der Waals surface area contributed by atoms with Crippen LogP contribution in [0.25, 0.3) is 0 Å². The molecule has 0 bridgehead atoms. The van der Waals surface area contributed by atoms with Crippen molar-refractivity contribution >= 4 is 28.9 Å². The van der Waals surface area contributed by atoms with E-state index in [1.807, 2.05) is 70.0 Å². The van der Waals surface area contributed by atoms with E-state index in [1.165, 1.54) is 0 Å². The second kappa shape index (κ2) is 10.2. The number of amidine groups is 1. The lowest BCUT2D eigenvalue weighted by Gasteiger charge is -2.29. The first-order chi connectivity index (χ1) is 16.9. The van der Waals surface area contributed by atoms with Crippen LogP contribution >= 0.6 is 0 Å². The zero-order valence-corrected chi connectivity index (χ0v) is 22.7. The number of hydrogen-bond donors (Lipinski definition) is 2. The Kier molecular flexibility index (Phi) is 7.64. The molecule has 0 unspecified atom stereocenters. The Morgan fingerprint density at radius 2 is 1.69 bits per heavy atom. The monoisotopic (exact) mass is 495 g/mol. The van der Waals surface area contributed by atoms with Crippen LogP contribution in [0.15, 0.2) is 24.3 Å². The van der Waals surface area contributed by atoms with Gasteiger partial charge in [0.2, 0.25) is 0 Å². The van der Waals surface area contributed by atoms with E-state index in [0.717, 1.165) is 22.5 Å². The second-order valence-electron chi connectivity index (χ2n) is 9.81. The van der Waals surface area contributed by atoms with E-state index in [4.69, 9.17) is 14.9 Å². The van der Waals surface area contributed by atoms with Gasteiger partial charge in [0.15, 0.2) is 5.78 Å². The standard InChI is InChI=1S/C27H37N5O4/c1-27(2,36-9)20-10-16(11-22(31(6)7)24(20)35-8)23(33)15-32-14-17-12-21(30(4)5)19(26(34)29-3)13-18(17)25(32)28/h10-13,28H,14-15H2,1-9H3,(H,29,34). The Labute approximate surface area is 213 Å². The van der Waals surface area contributed by atoms with E-state index in [2.05, 4.69) is 5.32 Å². The number of amides is 1. The average molecular weight is 496 g/mol. The van der Waals surface area contributed by atoms with Crippen LogP contribution in [0, 0.1) is 5.41 Å². The van der Waals surface area contributed by atoms with E-state index >= 15 is 0 Å². The van der Waals surface area contributed by atoms with Crippen molar-refractivity contribution in [2.45, 2.75) is 26.0 Å². The van der Waals surface area contributed by atoms with E-state index < -0.39 is 5.60 Å². The van der Waals surface area contributed by atoms with Crippen molar-refractivity contribution in [2.24, 2.45) is 0 Å². The summed E-state index contributed by atoms with van der Waals surface area (Å²) in [6.45, 7) is 4.31. The van der Waals surface area contributed by atoms with Crippen LogP contribution in [-0.4, -0.2) is 78.4 Å². The van der Waals surface area contributed by atoms with E-state index in [0.29, 0.717) is 29.0 Å². The Hall–Kier alpha value is -3.59. The first-order valence-electron chi connectivity index (χ1n) is 11.7. The molecule has 0 saturated heterocycles. The van der Waals surface area contributed by atoms with Gasteiger partial charge in [0.05, 0.1) is 30.5 Å². The largest absolute Gasteiger partial charge is 0.494 e. The topological polar surface area (TPSA) is 98.2 Å². The molecule has 2 N–H and O–H groups in total. The van der Waals surface area contributed by atoms with E-state index in [9.17, 15) is 9.59 Å². The molecule has 0 aromatic heterocycles. The van der Waals surface area contributed by atoms with Gasteiger partial charge in [-0.05, 0) is 43.7 Å². The second-order valence-corrected chi connectivity index (χ2v) is 9.81. The van der Waals surface area contributed by atoms with Gasteiger partial charge in [0.1, 0.15) is 11.6 Å². The van der Waals surface area contributed by atoms with Gasteiger partial charge in [-0.3, -0.25) is 15.0 Å². The molecule has 9 heteroatoms. The van der Waals surface area contributed by atoms with Crippen LogP contribution in [0.1, 0.15) is 51.3 Å². The molecule has 194 valence electrons. The molecule has 3 rings (SSSR count). The van der Waals surface area contributed by atoms with Crippen LogP contribution < -0.4 is 19.9 Å². The molecule has 0 radical (unpaired) electrons. The van der Waals surface area contributed by atoms with Crippen molar-refractivity contribution in [1.82, 2.24) is 10.2 Å². The Balaban J connectivity index is 1.98. The third kappa shape index (κ3) is 4.88. The maximum atomic E-state index is 13.5. The Bertz CT molecular complexity index is 1200. The fraction of sp³-hybridized carbons (Fsp3) is 0.444. The molecule has 0 spiro atoms. The number of nitrogens with zero attached hydrogens (tertiary/aromatic N) is 3. The molecular formula is C27H37N5O4. The summed E-state index contributed by atoms with van der Waals surface area (Å²) in [6, 6.07) is 7.30. The summed E-state index contributed by atoms with van der Waals surface area (Å²) in [5.74, 6) is 0.549. The normalized spacial score (nSPS) is 12.9. The highest BCUT2D eigenvalue weighted by molar-refractivity contribution is 6.08. The van der Waals surface area contributed by atoms with Gasteiger partial charge in [-0.15, -0.1) is 0 Å². The number of carbonyl (C=O) groups is 2. The maximum Gasteiger partial charge on any atom is 0.253 e. The van der Waals surface area contributed by atoms with Crippen LogP contribution in [0.2, 0.25) is 0 Å². The van der Waals surface area contributed by atoms with Crippen molar-refractivity contribution in [3.63, 3.8) is 0 Å². The van der Waals surface area contributed by atoms with Gasteiger partial charge in [0.25, 0.3) is 5.91 Å². The summed E-state index contributed by atoms with van der Waals surface area (Å²) < 4.78 is 11.4. The lowest BCUT2D eigenvalue weighted by molar-refractivity contribution is 0.0173. The average Bonchev–Trinajstić information content (AvgIpc) is 3.15. The molecule has 1 aliphatic heterocycles. The summed E-state index contributed by atoms with van der Waals surface area (Å²) in [4.78, 5) is 31.5. The molecule has 9 nitrogen and oxygen atoms in total. The highest BCUT2D eigenvalue weighted by Crippen LogP contribution is 2.40. The number of fused-ring (bicyclic) bond motifs is 1. The highest BCUT2D eigenvalue weighted by atomic mass is 16.5. The lowest BCUT2D eigenvalue weighted by Crippen LogP contribution is -2.31. The van der Waals surface area contributed by atoms with Gasteiger partial charge in [-0.2, -0.15) is 0 Å². The van der Waals surface area contributed by atoms with E-state index in [-0.39, 0.29) is 24.1 Å². The predicted octanol–water partition coefficient (Wildman–Crippen LogP) is 3.09. The molecule has 2 aromatic carbocycles. The minimum atomic E-state index is -0.679. The predicted molar refractivity (Wildman–Crippen MR) is 143 cm³/mol. The van der Waals surface area contributed by atoms with Gasteiger partial charge in [-0.25, -0.2) is 0 Å². The third-order valence-corrected chi connectivity index (χ3v) is 6.68. The smallest absolute Gasteiger partial charge is 0.253 e. The zero-order chi connectivity index (χ0) is 26.9. The van der Waals surface area contributed by atoms with Crippen LogP contribution in [-0.2, 0) is 16.9 Å². The number of nitrogens with one attached hydrogen (secondary N) is 2. The molecule has 1 aliphatic rings. The molecule has 1 heterocycles. The summed E-state index contributed by atoms with van der Waals surface area (Å²) in [5, 5.41) is 11.4. The number of benzene rings is 2. The number of rotatable bonds is 9. The van der Waals surface area contributed by atoms with Crippen molar-refractivity contribution in [1.29, 1.82) is 5.41 Å². The number of anilines is 2. The number of methoxy groups -OCH3 is 2. The number of ketones is 1. The molecule has 2 aromatic rings. The number of carbonyl (C=O) groups excluding carboxylic acids is 2. The number of Topliss-reactive ketones (excluding diaryl/α,β-unsaturated/α-hetero) is 1. The molecule has 0 aliphatic carbocycles. The Morgan fingerprint density at radius 3 is 2.22 bits per heavy atom. The first-order valence-corrected chi connectivity index (χ1v) is 11.7. The van der Waals surface area contributed by atoms with E-state index in [1.54, 1.807) is 32.2 Å². The fourth-order valence-corrected chi connectivity index (χ4v) is 4.40. The molecular weight excluding hydrogens is 458 g/mol. The quantitative estimate of drug-likeness (QED) is 0.516. The first kappa shape index (κ1) is 27.0. The SMILES string of the molecule is CNC(=O)c1cc2c(cc1N(C)C)CN(CC(=O)c1cc(N(C)C)c(OC)c(C(C)(C)OC)c1)C2=N. The fourth-order valence-electron chi connectivity index (χ4n) is 4.40. The highest BCUT2D eigenvalue weighted by Gasteiger charge is 2.31. The van der Waals surface area contributed by atoms with Crippen molar-refractivity contribution in [3.8, 4) is 5.75 Å². The molecule has 1 amide bonds.